The van der Waals surface area contributed by atoms with Crippen molar-refractivity contribution >= 4 is 12.6 Å². The summed E-state index contributed by atoms with van der Waals surface area (Å²) in [5, 5.41) is 1.11. The minimum absolute atomic E-state index is 1.11. The van der Waals surface area contributed by atoms with Gasteiger partial charge in [-0.2, -0.15) is 0 Å². The Bertz CT molecular complexity index is 98.3. The molecule has 1 aliphatic rings. The Hall–Kier alpha value is -0.110. The highest BCUT2D eigenvalue weighted by Crippen LogP contribution is 2.13. The third-order valence-electron chi connectivity index (χ3n) is 1.18. The van der Waals surface area contributed by atoms with Gasteiger partial charge in [-0.05, 0) is 6.42 Å². The SMILES string of the molecule is CN1CCC=C1S. The summed E-state index contributed by atoms with van der Waals surface area (Å²) in [5.74, 6) is 0. The molecule has 0 saturated heterocycles. The van der Waals surface area contributed by atoms with Crippen molar-refractivity contribution in [3.63, 3.8) is 0 Å². The third kappa shape index (κ3) is 0.911. The van der Waals surface area contributed by atoms with Crippen LogP contribution in [0.25, 0.3) is 0 Å². The zero-order valence-corrected chi connectivity index (χ0v) is 5.28. The Labute approximate surface area is 49.4 Å². The summed E-state index contributed by atoms with van der Waals surface area (Å²) in [7, 11) is 2.05. The molecule has 0 aromatic heterocycles. The van der Waals surface area contributed by atoms with Crippen molar-refractivity contribution in [2.75, 3.05) is 13.6 Å². The van der Waals surface area contributed by atoms with Gasteiger partial charge in [0.05, 0.1) is 5.03 Å². The molecule has 0 unspecified atom stereocenters. The van der Waals surface area contributed by atoms with Crippen LogP contribution in [0.2, 0.25) is 0 Å². The first kappa shape index (κ1) is 5.04. The molecule has 0 aromatic carbocycles. The summed E-state index contributed by atoms with van der Waals surface area (Å²) in [6.45, 7) is 1.14. The molecule has 0 spiro atoms. The lowest BCUT2D eigenvalue weighted by Crippen LogP contribution is -2.08. The van der Waals surface area contributed by atoms with E-state index < -0.39 is 0 Å². The van der Waals surface area contributed by atoms with Gasteiger partial charge in [-0.1, -0.05) is 6.08 Å². The van der Waals surface area contributed by atoms with Gasteiger partial charge in [0.2, 0.25) is 0 Å². The van der Waals surface area contributed by atoms with Gasteiger partial charge in [0.1, 0.15) is 0 Å². The van der Waals surface area contributed by atoms with Crippen LogP contribution in [0.3, 0.4) is 0 Å². The Kier molecular flexibility index (Phi) is 1.28. The van der Waals surface area contributed by atoms with Crippen LogP contribution in [0.5, 0.6) is 0 Å². The predicted octanol–water partition coefficient (Wildman–Crippen LogP) is 1.09. The van der Waals surface area contributed by atoms with Crippen molar-refractivity contribution in [1.82, 2.24) is 4.90 Å². The highest BCUT2D eigenvalue weighted by molar-refractivity contribution is 7.84. The van der Waals surface area contributed by atoms with Crippen LogP contribution in [0.15, 0.2) is 11.1 Å². The van der Waals surface area contributed by atoms with Gasteiger partial charge in [-0.3, -0.25) is 0 Å². The molecule has 40 valence electrons. The predicted molar refractivity (Wildman–Crippen MR) is 34.3 cm³/mol. The van der Waals surface area contributed by atoms with Gasteiger partial charge in [-0.25, -0.2) is 0 Å². The molecule has 0 saturated carbocycles. The topological polar surface area (TPSA) is 3.24 Å². The molecule has 0 radical (unpaired) electrons. The van der Waals surface area contributed by atoms with Crippen LogP contribution in [-0.2, 0) is 0 Å². The molecule has 0 fully saturated rings. The van der Waals surface area contributed by atoms with Crippen molar-refractivity contribution in [1.29, 1.82) is 0 Å². The summed E-state index contributed by atoms with van der Waals surface area (Å²) in [6.07, 6.45) is 3.29. The average molecular weight is 115 g/mol. The highest BCUT2D eigenvalue weighted by Gasteiger charge is 2.03. The van der Waals surface area contributed by atoms with Crippen LogP contribution >= 0.6 is 12.6 Å². The van der Waals surface area contributed by atoms with Gasteiger partial charge < -0.3 is 4.90 Å². The van der Waals surface area contributed by atoms with Crippen molar-refractivity contribution < 1.29 is 0 Å². The van der Waals surface area contributed by atoms with Gasteiger partial charge in [0.25, 0.3) is 0 Å². The molecule has 1 rings (SSSR count). The van der Waals surface area contributed by atoms with E-state index >= 15 is 0 Å². The molecule has 0 bridgehead atoms. The maximum atomic E-state index is 4.17. The van der Waals surface area contributed by atoms with Crippen LogP contribution < -0.4 is 0 Å². The van der Waals surface area contributed by atoms with E-state index in [9.17, 15) is 0 Å². The Morgan fingerprint density at radius 2 is 2.57 bits per heavy atom. The third-order valence-corrected chi connectivity index (χ3v) is 1.71. The second kappa shape index (κ2) is 1.78. The molecule has 7 heavy (non-hydrogen) atoms. The second-order valence-corrected chi connectivity index (χ2v) is 2.23. The summed E-state index contributed by atoms with van der Waals surface area (Å²) in [6, 6.07) is 0. The molecule has 0 aliphatic carbocycles. The number of thiol groups is 1. The van der Waals surface area contributed by atoms with E-state index in [0.717, 1.165) is 18.0 Å². The van der Waals surface area contributed by atoms with E-state index in [-0.39, 0.29) is 0 Å². The Morgan fingerprint density at radius 1 is 1.86 bits per heavy atom. The maximum absolute atomic E-state index is 4.17. The normalized spacial score (nSPS) is 20.3. The monoisotopic (exact) mass is 115 g/mol. The first-order chi connectivity index (χ1) is 3.30. The molecular formula is C5H9NS. The number of rotatable bonds is 0. The first-order valence-electron chi connectivity index (χ1n) is 2.41. The molecule has 0 aromatic rings. The molecule has 0 amide bonds. The lowest BCUT2D eigenvalue weighted by molar-refractivity contribution is 0.487. The van der Waals surface area contributed by atoms with Crippen molar-refractivity contribution in [2.45, 2.75) is 6.42 Å². The van der Waals surface area contributed by atoms with Gasteiger partial charge in [-0.15, -0.1) is 12.6 Å². The van der Waals surface area contributed by atoms with Crippen LogP contribution in [-0.4, -0.2) is 18.5 Å². The smallest absolute Gasteiger partial charge is 0.0633 e. The Balaban J connectivity index is 2.54. The fourth-order valence-electron chi connectivity index (χ4n) is 0.658. The summed E-state index contributed by atoms with van der Waals surface area (Å²) in [4.78, 5) is 2.13. The first-order valence-corrected chi connectivity index (χ1v) is 2.85. The summed E-state index contributed by atoms with van der Waals surface area (Å²) in [5.41, 5.74) is 0. The lowest BCUT2D eigenvalue weighted by Gasteiger charge is -2.09. The van der Waals surface area contributed by atoms with E-state index in [1.165, 1.54) is 0 Å². The molecular weight excluding hydrogens is 106 g/mol. The number of hydrogen-bond donors (Lipinski definition) is 1. The fourth-order valence-corrected chi connectivity index (χ4v) is 0.887. The summed E-state index contributed by atoms with van der Waals surface area (Å²) >= 11 is 4.17. The van der Waals surface area contributed by atoms with Crippen molar-refractivity contribution in [3.8, 4) is 0 Å². The molecule has 1 aliphatic heterocycles. The van der Waals surface area contributed by atoms with Crippen molar-refractivity contribution in [2.24, 2.45) is 0 Å². The van der Waals surface area contributed by atoms with E-state index in [2.05, 4.69) is 23.6 Å². The van der Waals surface area contributed by atoms with Gasteiger partial charge in [0, 0.05) is 13.6 Å². The minimum atomic E-state index is 1.11. The molecule has 0 N–H and O–H groups in total. The van der Waals surface area contributed by atoms with Gasteiger partial charge >= 0.3 is 0 Å². The standard InChI is InChI=1S/C5H9NS/c1-6-4-2-3-5(6)7/h3,7H,2,4H2,1H3. The number of hydrogen-bond acceptors (Lipinski definition) is 2. The lowest BCUT2D eigenvalue weighted by atomic mass is 10.5. The van der Waals surface area contributed by atoms with E-state index in [0.29, 0.717) is 0 Å². The minimum Gasteiger partial charge on any atom is -0.370 e. The van der Waals surface area contributed by atoms with E-state index in [1.807, 2.05) is 7.05 Å². The van der Waals surface area contributed by atoms with Crippen LogP contribution in [0.1, 0.15) is 6.42 Å². The van der Waals surface area contributed by atoms with E-state index in [4.69, 9.17) is 0 Å². The van der Waals surface area contributed by atoms with Crippen molar-refractivity contribution in [3.05, 3.63) is 11.1 Å². The molecule has 1 heterocycles. The molecule has 0 atom stereocenters. The summed E-state index contributed by atoms with van der Waals surface area (Å²) < 4.78 is 0. The highest BCUT2D eigenvalue weighted by atomic mass is 32.1. The van der Waals surface area contributed by atoms with Crippen LogP contribution in [0.4, 0.5) is 0 Å². The zero-order chi connectivity index (χ0) is 5.28. The average Bonchev–Trinajstić information content (AvgIpc) is 1.91. The van der Waals surface area contributed by atoms with Crippen LogP contribution in [0, 0.1) is 0 Å². The zero-order valence-electron chi connectivity index (χ0n) is 4.39. The fraction of sp³-hybridized carbons (Fsp3) is 0.600. The Morgan fingerprint density at radius 3 is 2.71 bits per heavy atom. The van der Waals surface area contributed by atoms with Gasteiger partial charge in [0.15, 0.2) is 0 Å². The van der Waals surface area contributed by atoms with E-state index in [1.54, 1.807) is 0 Å². The number of nitrogens with zero attached hydrogens (tertiary/aromatic N) is 1. The largest absolute Gasteiger partial charge is 0.370 e. The second-order valence-electron chi connectivity index (χ2n) is 1.77. The molecule has 2 heteroatoms. The maximum Gasteiger partial charge on any atom is 0.0633 e. The quantitative estimate of drug-likeness (QED) is 0.462. The molecule has 1 nitrogen and oxygen atoms in total.